The summed E-state index contributed by atoms with van der Waals surface area (Å²) in [5.41, 5.74) is 12.9. The summed E-state index contributed by atoms with van der Waals surface area (Å²) in [5.74, 6) is 3.33. The third kappa shape index (κ3) is 11.9. The Balaban J connectivity index is 0.000000287. The molecule has 1 aliphatic rings. The Morgan fingerprint density at radius 1 is 0.925 bits per heavy atom. The van der Waals surface area contributed by atoms with Crippen LogP contribution in [0.3, 0.4) is 0 Å². The highest BCUT2D eigenvalue weighted by Gasteiger charge is 2.33. The van der Waals surface area contributed by atoms with Gasteiger partial charge in [-0.2, -0.15) is 5.10 Å². The van der Waals surface area contributed by atoms with Gasteiger partial charge < -0.3 is 36.6 Å². The lowest BCUT2D eigenvalue weighted by molar-refractivity contribution is -0.131. The summed E-state index contributed by atoms with van der Waals surface area (Å²) < 4.78 is 1.86. The molecule has 1 aromatic heterocycles. The minimum absolute atomic E-state index is 0.0249. The van der Waals surface area contributed by atoms with Crippen LogP contribution in [-0.4, -0.2) is 108 Å². The second-order valence-corrected chi connectivity index (χ2v) is 11.9. The number of fused-ring (bicyclic) bond motifs is 2. The van der Waals surface area contributed by atoms with Gasteiger partial charge >= 0.3 is 0 Å². The van der Waals surface area contributed by atoms with E-state index < -0.39 is 5.91 Å². The van der Waals surface area contributed by atoms with Gasteiger partial charge in [-0.3, -0.25) is 40.1 Å². The number of aldehydes is 1. The zero-order valence-corrected chi connectivity index (χ0v) is 30.2. The molecule has 0 saturated heterocycles. The Morgan fingerprint density at radius 2 is 1.62 bits per heavy atom. The molecule has 0 aliphatic heterocycles. The van der Waals surface area contributed by atoms with Crippen LogP contribution in [0.15, 0.2) is 54.6 Å². The van der Waals surface area contributed by atoms with E-state index >= 15 is 0 Å². The summed E-state index contributed by atoms with van der Waals surface area (Å²) in [6, 6.07) is 16.6. The zero-order valence-electron chi connectivity index (χ0n) is 30.2. The maximum atomic E-state index is 13.5. The molecule has 5 rings (SSSR count). The topological polar surface area (TPSA) is 257 Å². The number of hydrogen-bond donors (Lipinski definition) is 11. The van der Waals surface area contributed by atoms with Gasteiger partial charge in [0.25, 0.3) is 11.8 Å². The molecule has 0 bridgehead atoms. The van der Waals surface area contributed by atoms with Gasteiger partial charge in [0, 0.05) is 67.5 Å². The molecule has 0 fully saturated rings. The number of aromatic nitrogens is 2. The number of rotatable bonds is 17. The van der Waals surface area contributed by atoms with Gasteiger partial charge in [0.1, 0.15) is 11.4 Å². The number of nitrogens with one attached hydrogen (secondary N) is 7. The average Bonchev–Trinajstić information content (AvgIpc) is 3.53. The number of anilines is 1. The third-order valence-electron chi connectivity index (χ3n) is 7.72. The maximum Gasteiger partial charge on any atom is 0.297 e. The van der Waals surface area contributed by atoms with Crippen molar-refractivity contribution in [1.82, 2.24) is 42.0 Å². The standard InChI is InChI=1S/C22H27N5O4.C12H19N3O.C2H4N2O2/c28-12-9-23-6-7-25-15-4-5-16-20-19(15)22(31)18-14(2-1-3-17(18)30)21(20)26-27(16)11-8-24-10-13-29;1-9(2)15-12(16)11-6-4-10(5-7-11)8-14-13-3;3-4-2(6)1-5/h1-5,23-25,28-30H,6-13H2;4-7,9,13-14H,8H2,1-3H3,(H,15,16);1H,3H2,(H,4,6). The van der Waals surface area contributed by atoms with Crippen LogP contribution >= 0.6 is 0 Å². The Bertz CT molecular complexity index is 1810. The Morgan fingerprint density at radius 3 is 2.23 bits per heavy atom. The molecule has 2 amide bonds. The van der Waals surface area contributed by atoms with E-state index in [-0.39, 0.29) is 48.5 Å². The molecule has 0 saturated carbocycles. The monoisotopic (exact) mass is 734 g/mol. The van der Waals surface area contributed by atoms with Crippen LogP contribution in [0.1, 0.15) is 45.7 Å². The number of phenolic OH excluding ortho intramolecular Hbond substituents is 1. The number of carbonyl (C=O) groups is 4. The Labute approximate surface area is 307 Å². The summed E-state index contributed by atoms with van der Waals surface area (Å²) in [7, 11) is 1.82. The normalized spacial score (nSPS) is 11.2. The van der Waals surface area contributed by atoms with Gasteiger partial charge in [-0.25, -0.2) is 5.84 Å². The molecule has 1 aliphatic carbocycles. The molecular weight excluding hydrogens is 684 g/mol. The average molecular weight is 735 g/mol. The summed E-state index contributed by atoms with van der Waals surface area (Å²) in [4.78, 5) is 43.9. The molecular formula is C36H50N10O7. The Hall–Kier alpha value is -5.27. The summed E-state index contributed by atoms with van der Waals surface area (Å²) in [5, 5.41) is 46.3. The van der Waals surface area contributed by atoms with Crippen LogP contribution in [0.4, 0.5) is 5.69 Å². The maximum absolute atomic E-state index is 13.5. The van der Waals surface area contributed by atoms with E-state index in [4.69, 9.17) is 15.3 Å². The molecule has 4 aromatic rings. The van der Waals surface area contributed by atoms with E-state index in [0.717, 1.165) is 23.0 Å². The van der Waals surface area contributed by atoms with E-state index in [2.05, 4.69) is 38.0 Å². The number of aliphatic hydroxyl groups is 2. The van der Waals surface area contributed by atoms with Crippen molar-refractivity contribution in [3.05, 3.63) is 76.9 Å². The fourth-order valence-electron chi connectivity index (χ4n) is 5.34. The van der Waals surface area contributed by atoms with Crippen molar-refractivity contribution in [2.75, 3.05) is 58.3 Å². The number of nitrogens with two attached hydrogens (primary N) is 1. The Kier molecular flexibility index (Phi) is 17.5. The molecule has 0 spiro atoms. The first-order valence-electron chi connectivity index (χ1n) is 17.1. The number of benzene rings is 3. The molecule has 53 heavy (non-hydrogen) atoms. The first-order chi connectivity index (χ1) is 25.6. The van der Waals surface area contributed by atoms with Crippen LogP contribution in [0, 0.1) is 0 Å². The summed E-state index contributed by atoms with van der Waals surface area (Å²) in [6.45, 7) is 8.21. The summed E-state index contributed by atoms with van der Waals surface area (Å²) in [6.07, 6.45) is 0.0972. The lowest BCUT2D eigenvalue weighted by atomic mass is 9.86. The largest absolute Gasteiger partial charge is 0.507 e. The summed E-state index contributed by atoms with van der Waals surface area (Å²) >= 11 is 0. The molecule has 3 aromatic carbocycles. The van der Waals surface area contributed by atoms with Crippen molar-refractivity contribution < 1.29 is 34.5 Å². The minimum Gasteiger partial charge on any atom is -0.507 e. The SMILES string of the molecule is CNNCc1ccc(C(=O)NC(C)C)cc1.NNC(=O)C=O.O=C1c2c(O)cccc2-c2nn(CCNCCO)c3ccc(NCCNCCO)c1c23. The van der Waals surface area contributed by atoms with Crippen LogP contribution in [-0.2, 0) is 22.7 Å². The van der Waals surface area contributed by atoms with Crippen LogP contribution in [0.5, 0.6) is 5.75 Å². The van der Waals surface area contributed by atoms with Crippen LogP contribution < -0.4 is 43.4 Å². The van der Waals surface area contributed by atoms with E-state index in [1.54, 1.807) is 11.5 Å². The van der Waals surface area contributed by atoms with Crippen molar-refractivity contribution in [2.24, 2.45) is 5.84 Å². The molecule has 0 atom stereocenters. The highest BCUT2D eigenvalue weighted by molar-refractivity contribution is 6.28. The lowest BCUT2D eigenvalue weighted by Gasteiger charge is -2.19. The van der Waals surface area contributed by atoms with Crippen LogP contribution in [0.2, 0.25) is 0 Å². The van der Waals surface area contributed by atoms with E-state index in [1.165, 1.54) is 6.07 Å². The van der Waals surface area contributed by atoms with Crippen LogP contribution in [0.25, 0.3) is 22.2 Å². The van der Waals surface area contributed by atoms with Crippen molar-refractivity contribution >= 4 is 40.5 Å². The van der Waals surface area contributed by atoms with Gasteiger partial charge in [0.15, 0.2) is 5.78 Å². The van der Waals surface area contributed by atoms with Gasteiger partial charge in [0.2, 0.25) is 6.29 Å². The number of ketones is 1. The molecule has 1 heterocycles. The van der Waals surface area contributed by atoms with Crippen molar-refractivity contribution in [2.45, 2.75) is 33.0 Å². The van der Waals surface area contributed by atoms with Gasteiger partial charge in [-0.05, 0) is 56.8 Å². The lowest BCUT2D eigenvalue weighted by Crippen LogP contribution is -2.30. The first-order valence-corrected chi connectivity index (χ1v) is 17.1. The molecule has 286 valence electrons. The second-order valence-electron chi connectivity index (χ2n) is 11.9. The number of amides is 2. The van der Waals surface area contributed by atoms with Gasteiger partial charge in [-0.15, -0.1) is 0 Å². The fourth-order valence-corrected chi connectivity index (χ4v) is 5.34. The fraction of sp³-hybridized carbons (Fsp3) is 0.361. The third-order valence-corrected chi connectivity index (χ3v) is 7.72. The number of hydrazine groups is 2. The van der Waals surface area contributed by atoms with E-state index in [1.807, 2.05) is 68.0 Å². The predicted octanol–water partition coefficient (Wildman–Crippen LogP) is -0.247. The number of phenols is 1. The highest BCUT2D eigenvalue weighted by Crippen LogP contribution is 2.44. The molecule has 17 nitrogen and oxygen atoms in total. The van der Waals surface area contributed by atoms with Gasteiger partial charge in [0.05, 0.1) is 36.4 Å². The molecule has 0 unspecified atom stereocenters. The van der Waals surface area contributed by atoms with E-state index in [9.17, 15) is 24.3 Å². The highest BCUT2D eigenvalue weighted by atomic mass is 16.3. The first kappa shape index (κ1) is 42.1. The van der Waals surface area contributed by atoms with Gasteiger partial charge in [-0.1, -0.05) is 24.3 Å². The minimum atomic E-state index is -0.810. The number of aromatic hydroxyl groups is 1. The second kappa shape index (κ2) is 21.9. The van der Waals surface area contributed by atoms with Crippen molar-refractivity contribution in [1.29, 1.82) is 0 Å². The number of aliphatic hydroxyl groups excluding tert-OH is 2. The molecule has 17 heteroatoms. The number of hydrogen-bond acceptors (Lipinski definition) is 14. The van der Waals surface area contributed by atoms with E-state index in [0.29, 0.717) is 67.3 Å². The number of carbonyl (C=O) groups excluding carboxylic acids is 4. The van der Waals surface area contributed by atoms with Crippen molar-refractivity contribution in [3.8, 4) is 17.0 Å². The molecule has 12 N–H and O–H groups in total. The quantitative estimate of drug-likeness (QED) is 0.0147. The zero-order chi connectivity index (χ0) is 38.8. The van der Waals surface area contributed by atoms with Crippen molar-refractivity contribution in [3.63, 3.8) is 0 Å². The smallest absolute Gasteiger partial charge is 0.297 e. The molecule has 0 radical (unpaired) electrons. The number of nitrogens with zero attached hydrogens (tertiary/aromatic N) is 2. The predicted molar refractivity (Wildman–Crippen MR) is 202 cm³/mol.